The highest BCUT2D eigenvalue weighted by Gasteiger charge is 2.31. The normalized spacial score (nSPS) is 15.4. The summed E-state index contributed by atoms with van der Waals surface area (Å²) >= 11 is 0. The van der Waals surface area contributed by atoms with Gasteiger partial charge in [0.15, 0.2) is 0 Å². The van der Waals surface area contributed by atoms with Crippen molar-refractivity contribution >= 4 is 11.9 Å². The van der Waals surface area contributed by atoms with Crippen LogP contribution in [0.3, 0.4) is 0 Å². The van der Waals surface area contributed by atoms with Crippen LogP contribution in [0.1, 0.15) is 25.3 Å². The lowest BCUT2D eigenvalue weighted by molar-refractivity contribution is -0.151. The molecule has 1 saturated heterocycles. The van der Waals surface area contributed by atoms with Gasteiger partial charge in [-0.2, -0.15) is 0 Å². The zero-order valence-corrected chi connectivity index (χ0v) is 16.0. The number of piperidine rings is 1. The molecule has 1 N–H and O–H groups in total. The summed E-state index contributed by atoms with van der Waals surface area (Å²) in [5.41, 5.74) is 9.70. The van der Waals surface area contributed by atoms with Crippen LogP contribution in [0, 0.1) is 5.92 Å². The van der Waals surface area contributed by atoms with Gasteiger partial charge in [0.25, 0.3) is 0 Å². The molecule has 0 spiro atoms. The molecule has 0 radical (unpaired) electrons. The van der Waals surface area contributed by atoms with Crippen molar-refractivity contribution in [1.29, 1.82) is 0 Å². The van der Waals surface area contributed by atoms with Crippen molar-refractivity contribution in [3.05, 3.63) is 40.3 Å². The Morgan fingerprint density at radius 2 is 2.00 bits per heavy atom. The Morgan fingerprint density at radius 3 is 2.57 bits per heavy atom. The molecule has 1 aromatic carbocycles. The molecule has 152 valence electrons. The second-order valence-corrected chi connectivity index (χ2v) is 6.49. The third kappa shape index (κ3) is 6.14. The summed E-state index contributed by atoms with van der Waals surface area (Å²) in [6, 6.07) is 6.24. The minimum atomic E-state index is -0.839. The van der Waals surface area contributed by atoms with Gasteiger partial charge in [-0.05, 0) is 49.4 Å². The fourth-order valence-electron chi connectivity index (χ4n) is 3.15. The second-order valence-electron chi connectivity index (χ2n) is 6.49. The average Bonchev–Trinajstić information content (AvgIpc) is 2.72. The lowest BCUT2D eigenvalue weighted by atomic mass is 9.96. The Morgan fingerprint density at radius 1 is 1.32 bits per heavy atom. The van der Waals surface area contributed by atoms with E-state index in [4.69, 9.17) is 20.1 Å². The molecule has 1 heterocycles. The quantitative estimate of drug-likeness (QED) is 0.299. The largest absolute Gasteiger partial charge is 0.491 e. The van der Waals surface area contributed by atoms with Crippen LogP contribution in [0.15, 0.2) is 29.4 Å². The van der Waals surface area contributed by atoms with E-state index < -0.39 is 6.04 Å². The number of azide groups is 1. The number of aliphatic hydroxyl groups excluding tert-OH is 1. The van der Waals surface area contributed by atoms with Gasteiger partial charge >= 0.3 is 5.97 Å². The van der Waals surface area contributed by atoms with Gasteiger partial charge < -0.3 is 19.5 Å². The van der Waals surface area contributed by atoms with Crippen LogP contribution in [-0.4, -0.2) is 60.8 Å². The maximum absolute atomic E-state index is 12.8. The van der Waals surface area contributed by atoms with Gasteiger partial charge in [0.1, 0.15) is 18.4 Å². The minimum absolute atomic E-state index is 0.0674. The Labute approximate surface area is 163 Å². The Balaban J connectivity index is 1.95. The lowest BCUT2D eigenvalue weighted by Crippen LogP contribution is -2.45. The molecule has 1 fully saturated rings. The molecule has 1 atom stereocenters. The van der Waals surface area contributed by atoms with E-state index in [-0.39, 0.29) is 37.4 Å². The molecule has 0 aliphatic carbocycles. The van der Waals surface area contributed by atoms with E-state index in [0.717, 1.165) is 5.56 Å². The maximum atomic E-state index is 12.8. The first-order valence-corrected chi connectivity index (χ1v) is 9.41. The number of amides is 1. The third-order valence-electron chi connectivity index (χ3n) is 4.62. The van der Waals surface area contributed by atoms with Crippen molar-refractivity contribution in [1.82, 2.24) is 4.90 Å². The summed E-state index contributed by atoms with van der Waals surface area (Å²) in [6.07, 6.45) is 1.37. The van der Waals surface area contributed by atoms with Crippen molar-refractivity contribution in [2.24, 2.45) is 11.0 Å². The number of ether oxygens (including phenoxy) is 2. The van der Waals surface area contributed by atoms with Crippen molar-refractivity contribution < 1.29 is 24.2 Å². The third-order valence-corrected chi connectivity index (χ3v) is 4.62. The molecule has 1 aliphatic rings. The number of esters is 1. The van der Waals surface area contributed by atoms with Crippen LogP contribution in [-0.2, 0) is 20.7 Å². The maximum Gasteiger partial charge on any atom is 0.309 e. The topological polar surface area (TPSA) is 125 Å². The van der Waals surface area contributed by atoms with E-state index in [0.29, 0.717) is 38.3 Å². The highest BCUT2D eigenvalue weighted by atomic mass is 16.5. The highest BCUT2D eigenvalue weighted by molar-refractivity contribution is 5.83. The lowest BCUT2D eigenvalue weighted by Gasteiger charge is -2.32. The second kappa shape index (κ2) is 11.2. The van der Waals surface area contributed by atoms with E-state index in [1.54, 1.807) is 36.1 Å². The van der Waals surface area contributed by atoms with Gasteiger partial charge in [0.05, 0.1) is 19.1 Å². The van der Waals surface area contributed by atoms with E-state index in [1.165, 1.54) is 0 Å². The summed E-state index contributed by atoms with van der Waals surface area (Å²) in [7, 11) is 0. The molecular weight excluding hydrogens is 364 g/mol. The Bertz CT molecular complexity index is 695. The molecule has 28 heavy (non-hydrogen) atoms. The zero-order chi connectivity index (χ0) is 20.4. The number of carbonyl (C=O) groups is 2. The van der Waals surface area contributed by atoms with Crippen LogP contribution in [0.4, 0.5) is 0 Å². The predicted molar refractivity (Wildman–Crippen MR) is 102 cm³/mol. The van der Waals surface area contributed by atoms with Crippen molar-refractivity contribution in [2.45, 2.75) is 32.2 Å². The number of rotatable bonds is 9. The van der Waals surface area contributed by atoms with Crippen LogP contribution in [0.25, 0.3) is 10.4 Å². The van der Waals surface area contributed by atoms with Gasteiger partial charge in [-0.3, -0.25) is 9.59 Å². The number of benzene rings is 1. The molecule has 0 bridgehead atoms. The van der Waals surface area contributed by atoms with Gasteiger partial charge in [0, 0.05) is 18.0 Å². The molecule has 1 aromatic rings. The van der Waals surface area contributed by atoms with Gasteiger partial charge in [0.2, 0.25) is 5.91 Å². The standard InChI is InChI=1S/C19H26N4O5/c1-2-27-19(26)15-7-9-23(10-8-15)18(25)17(21-22-20)13-14-3-5-16(6-4-14)28-12-11-24/h3-6,15,17,24H,2,7-13H2,1H3. The van der Waals surface area contributed by atoms with E-state index in [1.807, 2.05) is 0 Å². The minimum Gasteiger partial charge on any atom is -0.491 e. The summed E-state index contributed by atoms with van der Waals surface area (Å²) in [5.74, 6) is -0.0238. The SMILES string of the molecule is CCOC(=O)C1CCN(C(=O)C(Cc2ccc(OCCO)cc2)N=[N+]=[N-])CC1. The van der Waals surface area contributed by atoms with Crippen LogP contribution < -0.4 is 4.74 Å². The summed E-state index contributed by atoms with van der Waals surface area (Å²) in [5, 5.41) is 12.5. The number of hydrogen-bond acceptors (Lipinski definition) is 6. The van der Waals surface area contributed by atoms with E-state index >= 15 is 0 Å². The van der Waals surface area contributed by atoms with Crippen LogP contribution in [0.2, 0.25) is 0 Å². The Hall–Kier alpha value is -2.77. The number of likely N-dealkylation sites (tertiary alicyclic amines) is 1. The molecule has 2 rings (SSSR count). The molecule has 0 aromatic heterocycles. The van der Waals surface area contributed by atoms with E-state index in [2.05, 4.69) is 10.0 Å². The highest BCUT2D eigenvalue weighted by Crippen LogP contribution is 2.21. The fourth-order valence-corrected chi connectivity index (χ4v) is 3.15. The first kappa shape index (κ1) is 21.5. The first-order valence-electron chi connectivity index (χ1n) is 9.41. The monoisotopic (exact) mass is 390 g/mol. The predicted octanol–water partition coefficient (Wildman–Crippen LogP) is 2.08. The van der Waals surface area contributed by atoms with Crippen molar-refractivity contribution in [2.75, 3.05) is 32.9 Å². The molecular formula is C19H26N4O5. The molecule has 1 amide bonds. The van der Waals surface area contributed by atoms with Crippen LogP contribution in [0.5, 0.6) is 5.75 Å². The molecule has 1 aliphatic heterocycles. The van der Waals surface area contributed by atoms with Crippen molar-refractivity contribution in [3.8, 4) is 5.75 Å². The van der Waals surface area contributed by atoms with Gasteiger partial charge in [-0.15, -0.1) is 0 Å². The van der Waals surface area contributed by atoms with E-state index in [9.17, 15) is 9.59 Å². The smallest absolute Gasteiger partial charge is 0.309 e. The summed E-state index contributed by atoms with van der Waals surface area (Å²) < 4.78 is 10.4. The van der Waals surface area contributed by atoms with Gasteiger partial charge in [-0.1, -0.05) is 17.2 Å². The number of aliphatic hydroxyl groups is 1. The first-order chi connectivity index (χ1) is 13.6. The number of hydrogen-bond donors (Lipinski definition) is 1. The number of carbonyl (C=O) groups excluding carboxylic acids is 2. The fraction of sp³-hybridized carbons (Fsp3) is 0.579. The average molecular weight is 390 g/mol. The molecule has 0 saturated carbocycles. The van der Waals surface area contributed by atoms with Gasteiger partial charge in [-0.25, -0.2) is 0 Å². The Kier molecular flexibility index (Phi) is 8.58. The summed E-state index contributed by atoms with van der Waals surface area (Å²) in [4.78, 5) is 29.1. The number of nitrogens with zero attached hydrogens (tertiary/aromatic N) is 4. The molecule has 9 heteroatoms. The molecule has 1 unspecified atom stereocenters. The summed E-state index contributed by atoms with van der Waals surface area (Å²) in [6.45, 7) is 3.14. The molecule has 9 nitrogen and oxygen atoms in total. The van der Waals surface area contributed by atoms with Crippen LogP contribution >= 0.6 is 0 Å². The zero-order valence-electron chi connectivity index (χ0n) is 16.0. The van der Waals surface area contributed by atoms with Crippen molar-refractivity contribution in [3.63, 3.8) is 0 Å².